The van der Waals surface area contributed by atoms with E-state index in [-0.39, 0.29) is 0 Å². The average molecular weight is 456 g/mol. The number of H-pyrrole nitrogens is 1. The highest BCUT2D eigenvalue weighted by Crippen LogP contribution is 2.26. The Morgan fingerprint density at radius 3 is 2.53 bits per heavy atom. The van der Waals surface area contributed by atoms with Gasteiger partial charge in [-0.15, -0.1) is 10.2 Å². The summed E-state index contributed by atoms with van der Waals surface area (Å²) in [6, 6.07) is 7.63. The van der Waals surface area contributed by atoms with E-state index in [4.69, 9.17) is 4.74 Å². The molecule has 10 nitrogen and oxygen atoms in total. The average Bonchev–Trinajstić information content (AvgIpc) is 3.32. The number of thioether (sulfide) groups is 1. The fraction of sp³-hybridized carbons (Fsp3) is 0.381. The summed E-state index contributed by atoms with van der Waals surface area (Å²) in [5, 5.41) is 9.35. The van der Waals surface area contributed by atoms with Crippen molar-refractivity contribution in [3.8, 4) is 17.1 Å². The van der Waals surface area contributed by atoms with Crippen molar-refractivity contribution in [3.05, 3.63) is 50.9 Å². The van der Waals surface area contributed by atoms with E-state index >= 15 is 0 Å². The summed E-state index contributed by atoms with van der Waals surface area (Å²) in [6.45, 7) is 2.57. The third kappa shape index (κ3) is 3.95. The number of hydrogen-bond acceptors (Lipinski definition) is 7. The number of aryl methyl sites for hydroxylation is 2. The van der Waals surface area contributed by atoms with Crippen LogP contribution in [-0.2, 0) is 26.4 Å². The van der Waals surface area contributed by atoms with Gasteiger partial charge in [0.05, 0.1) is 12.9 Å². The molecule has 4 aromatic rings. The van der Waals surface area contributed by atoms with E-state index in [1.54, 1.807) is 23.3 Å². The summed E-state index contributed by atoms with van der Waals surface area (Å²) in [7, 11) is 5.32. The number of ether oxygens (including phenoxy) is 1. The van der Waals surface area contributed by atoms with Crippen molar-refractivity contribution >= 4 is 22.9 Å². The quantitative estimate of drug-likeness (QED) is 0.406. The minimum atomic E-state index is -0.426. The van der Waals surface area contributed by atoms with Gasteiger partial charge in [0.15, 0.2) is 22.1 Å². The minimum absolute atomic E-state index is 0.396. The molecule has 0 saturated carbocycles. The summed E-state index contributed by atoms with van der Waals surface area (Å²) in [5.41, 5.74) is 0.896. The monoisotopic (exact) mass is 455 g/mol. The lowest BCUT2D eigenvalue weighted by atomic mass is 10.2. The smallest absolute Gasteiger partial charge is 0.330 e. The predicted octanol–water partition coefficient (Wildman–Crippen LogP) is 2.32. The molecule has 1 N–H and O–H groups in total. The number of hydrogen-bond donors (Lipinski definition) is 1. The lowest BCUT2D eigenvalue weighted by Crippen LogP contribution is -2.31. The molecule has 1 aromatic carbocycles. The van der Waals surface area contributed by atoms with E-state index < -0.39 is 11.2 Å². The molecule has 0 saturated heterocycles. The largest absolute Gasteiger partial charge is 0.497 e. The van der Waals surface area contributed by atoms with Gasteiger partial charge in [0.2, 0.25) is 0 Å². The Hall–Kier alpha value is -3.34. The normalized spacial score (nSPS) is 11.4. The van der Waals surface area contributed by atoms with Gasteiger partial charge in [-0.3, -0.25) is 14.3 Å². The third-order valence-electron chi connectivity index (χ3n) is 5.35. The van der Waals surface area contributed by atoms with Crippen molar-refractivity contribution in [1.29, 1.82) is 0 Å². The summed E-state index contributed by atoms with van der Waals surface area (Å²) in [5.74, 6) is 2.67. The van der Waals surface area contributed by atoms with Crippen molar-refractivity contribution < 1.29 is 4.74 Å². The van der Waals surface area contributed by atoms with E-state index in [2.05, 4.69) is 27.1 Å². The second-order valence-corrected chi connectivity index (χ2v) is 8.35. The van der Waals surface area contributed by atoms with Gasteiger partial charge in [0, 0.05) is 26.2 Å². The molecule has 0 unspecified atom stereocenters. The zero-order chi connectivity index (χ0) is 22.8. The molecule has 32 heavy (non-hydrogen) atoms. The van der Waals surface area contributed by atoms with Gasteiger partial charge in [-0.05, 0) is 30.7 Å². The Kier molecular flexibility index (Phi) is 6.17. The predicted molar refractivity (Wildman–Crippen MR) is 123 cm³/mol. The fourth-order valence-electron chi connectivity index (χ4n) is 3.51. The maximum atomic E-state index is 12.4. The van der Waals surface area contributed by atoms with Crippen LogP contribution in [0, 0.1) is 0 Å². The first kappa shape index (κ1) is 21.9. The molecule has 0 radical (unpaired) electrons. The minimum Gasteiger partial charge on any atom is -0.497 e. The highest BCUT2D eigenvalue weighted by atomic mass is 32.2. The standard InChI is InChI=1S/C21H25N7O3S/c1-5-6-11-28-18-16(19(29)23-20(28)30)26(2)15(22-18)12-32-21-25-24-17(27(21)3)13-7-9-14(31-4)10-8-13/h7-10H,5-6,11-12H2,1-4H3,(H,23,29,30). The van der Waals surface area contributed by atoms with Crippen LogP contribution in [0.4, 0.5) is 0 Å². The summed E-state index contributed by atoms with van der Waals surface area (Å²) in [6.07, 6.45) is 1.76. The number of aromatic amines is 1. The Labute approximate surface area is 188 Å². The number of nitrogens with one attached hydrogen (secondary N) is 1. The molecule has 0 aliphatic heterocycles. The van der Waals surface area contributed by atoms with Crippen LogP contribution in [0.3, 0.4) is 0 Å². The molecule has 168 valence electrons. The topological polar surface area (TPSA) is 113 Å². The molecule has 0 fully saturated rings. The zero-order valence-corrected chi connectivity index (χ0v) is 19.3. The van der Waals surface area contributed by atoms with Gasteiger partial charge in [-0.2, -0.15) is 0 Å². The molecule has 0 bridgehead atoms. The Morgan fingerprint density at radius 1 is 1.09 bits per heavy atom. The van der Waals surface area contributed by atoms with Crippen LogP contribution < -0.4 is 16.0 Å². The van der Waals surface area contributed by atoms with Crippen LogP contribution in [0.25, 0.3) is 22.6 Å². The molecule has 0 aliphatic carbocycles. The number of aromatic nitrogens is 7. The van der Waals surface area contributed by atoms with E-state index in [1.807, 2.05) is 35.9 Å². The van der Waals surface area contributed by atoms with Crippen LogP contribution in [-0.4, -0.2) is 41.0 Å². The van der Waals surface area contributed by atoms with Gasteiger partial charge in [0.25, 0.3) is 5.56 Å². The molecule has 0 atom stereocenters. The van der Waals surface area contributed by atoms with Crippen LogP contribution in [0.15, 0.2) is 39.0 Å². The van der Waals surface area contributed by atoms with Gasteiger partial charge >= 0.3 is 5.69 Å². The molecule has 11 heteroatoms. The first-order valence-corrected chi connectivity index (χ1v) is 11.3. The van der Waals surface area contributed by atoms with Crippen LogP contribution >= 0.6 is 11.8 Å². The fourth-order valence-corrected chi connectivity index (χ4v) is 4.40. The summed E-state index contributed by atoms with van der Waals surface area (Å²) < 4.78 is 10.4. The number of unbranched alkanes of at least 4 members (excludes halogenated alkanes) is 1. The maximum Gasteiger partial charge on any atom is 0.330 e. The first-order chi connectivity index (χ1) is 15.4. The lowest BCUT2D eigenvalue weighted by Gasteiger charge is -2.05. The van der Waals surface area contributed by atoms with Crippen LogP contribution in [0.2, 0.25) is 0 Å². The summed E-state index contributed by atoms with van der Waals surface area (Å²) >= 11 is 1.47. The molecule has 4 rings (SSSR count). The van der Waals surface area contributed by atoms with E-state index in [0.29, 0.717) is 29.3 Å². The number of methoxy groups -OCH3 is 1. The molecular formula is C21H25N7O3S. The number of rotatable bonds is 8. The Balaban J connectivity index is 1.61. The van der Waals surface area contributed by atoms with E-state index in [9.17, 15) is 9.59 Å². The lowest BCUT2D eigenvalue weighted by molar-refractivity contribution is 0.415. The number of fused-ring (bicyclic) bond motifs is 1. The van der Waals surface area contributed by atoms with E-state index in [1.165, 1.54) is 11.8 Å². The summed E-state index contributed by atoms with van der Waals surface area (Å²) in [4.78, 5) is 31.8. The SMILES string of the molecule is CCCCn1c(=O)[nH]c(=O)c2c1nc(CSc1nnc(-c3ccc(OC)cc3)n1C)n2C. The second kappa shape index (κ2) is 9.03. The van der Waals surface area contributed by atoms with Gasteiger partial charge < -0.3 is 13.9 Å². The highest BCUT2D eigenvalue weighted by molar-refractivity contribution is 7.98. The van der Waals surface area contributed by atoms with Crippen LogP contribution in [0.1, 0.15) is 25.6 Å². The second-order valence-electron chi connectivity index (χ2n) is 7.41. The van der Waals surface area contributed by atoms with Gasteiger partial charge in [0.1, 0.15) is 11.6 Å². The number of nitrogens with zero attached hydrogens (tertiary/aromatic N) is 6. The Bertz CT molecular complexity index is 1370. The number of benzene rings is 1. The zero-order valence-electron chi connectivity index (χ0n) is 18.5. The Morgan fingerprint density at radius 2 is 1.84 bits per heavy atom. The van der Waals surface area contributed by atoms with Crippen LogP contribution in [0.5, 0.6) is 5.75 Å². The molecule has 0 amide bonds. The van der Waals surface area contributed by atoms with Crippen molar-refractivity contribution in [1.82, 2.24) is 33.9 Å². The van der Waals surface area contributed by atoms with E-state index in [0.717, 1.165) is 35.1 Å². The molecule has 0 spiro atoms. The van der Waals surface area contributed by atoms with Crippen molar-refractivity contribution in [2.75, 3.05) is 7.11 Å². The molecule has 0 aliphatic rings. The molecular weight excluding hydrogens is 430 g/mol. The van der Waals surface area contributed by atoms with Crippen molar-refractivity contribution in [3.63, 3.8) is 0 Å². The van der Waals surface area contributed by atoms with Crippen molar-refractivity contribution in [2.45, 2.75) is 37.2 Å². The third-order valence-corrected chi connectivity index (χ3v) is 6.37. The molecule has 3 aromatic heterocycles. The first-order valence-electron chi connectivity index (χ1n) is 10.3. The molecule has 3 heterocycles. The number of imidazole rings is 1. The van der Waals surface area contributed by atoms with Gasteiger partial charge in [-0.1, -0.05) is 25.1 Å². The van der Waals surface area contributed by atoms with Gasteiger partial charge in [-0.25, -0.2) is 9.78 Å². The van der Waals surface area contributed by atoms with Crippen molar-refractivity contribution in [2.24, 2.45) is 14.1 Å². The highest BCUT2D eigenvalue weighted by Gasteiger charge is 2.18. The maximum absolute atomic E-state index is 12.4.